The van der Waals surface area contributed by atoms with Gasteiger partial charge in [-0.2, -0.15) is 0 Å². The van der Waals surface area contributed by atoms with Crippen LogP contribution in [-0.2, 0) is 6.42 Å². The molecule has 0 N–H and O–H groups in total. The Labute approximate surface area is 75.4 Å². The van der Waals surface area contributed by atoms with Gasteiger partial charge >= 0.3 is 0 Å². The summed E-state index contributed by atoms with van der Waals surface area (Å²) >= 11 is 0. The zero-order valence-electron chi connectivity index (χ0n) is 7.41. The summed E-state index contributed by atoms with van der Waals surface area (Å²) in [6.45, 7) is 1.91. The van der Waals surface area contributed by atoms with Gasteiger partial charge in [0.25, 0.3) is 0 Å². The van der Waals surface area contributed by atoms with Crippen molar-refractivity contribution >= 4 is 0 Å². The van der Waals surface area contributed by atoms with Crippen molar-refractivity contribution < 1.29 is 13.2 Å². The Hall–Kier alpha value is -0.990. The molecule has 0 saturated carbocycles. The Kier molecular flexibility index (Phi) is 3.34. The van der Waals surface area contributed by atoms with Crippen molar-refractivity contribution in [2.75, 3.05) is 0 Å². The molecule has 0 heterocycles. The van der Waals surface area contributed by atoms with E-state index in [1.54, 1.807) is 0 Å². The van der Waals surface area contributed by atoms with Gasteiger partial charge in [0.1, 0.15) is 5.82 Å². The molecule has 0 aliphatic heterocycles. The van der Waals surface area contributed by atoms with E-state index in [1.165, 1.54) is 0 Å². The van der Waals surface area contributed by atoms with E-state index in [9.17, 15) is 13.2 Å². The zero-order chi connectivity index (χ0) is 9.84. The Morgan fingerprint density at radius 1 is 1.08 bits per heavy atom. The minimum atomic E-state index is -1.05. The fourth-order valence-corrected chi connectivity index (χ4v) is 1.15. The summed E-state index contributed by atoms with van der Waals surface area (Å²) < 4.78 is 38.6. The number of hydrogen-bond donors (Lipinski definition) is 0. The van der Waals surface area contributed by atoms with Gasteiger partial charge in [-0.05, 0) is 25.0 Å². The molecule has 1 aromatic rings. The van der Waals surface area contributed by atoms with Gasteiger partial charge < -0.3 is 0 Å². The smallest absolute Gasteiger partial charge is 0.164 e. The molecule has 72 valence electrons. The number of unbranched alkanes of at least 4 members (excludes halogenated alkanes) is 1. The van der Waals surface area contributed by atoms with Gasteiger partial charge in [0, 0.05) is 5.56 Å². The maximum atomic E-state index is 13.0. The van der Waals surface area contributed by atoms with Crippen molar-refractivity contribution in [2.45, 2.75) is 26.2 Å². The normalized spacial score (nSPS) is 10.5. The fourth-order valence-electron chi connectivity index (χ4n) is 1.15. The van der Waals surface area contributed by atoms with Crippen LogP contribution in [0.1, 0.15) is 25.3 Å². The highest BCUT2D eigenvalue weighted by atomic mass is 19.2. The van der Waals surface area contributed by atoms with Gasteiger partial charge in [-0.1, -0.05) is 13.3 Å². The summed E-state index contributed by atoms with van der Waals surface area (Å²) in [5, 5.41) is 0. The molecule has 0 fully saturated rings. The minimum absolute atomic E-state index is 0.137. The second-order valence-electron chi connectivity index (χ2n) is 2.93. The molecular formula is C10H11F3. The molecule has 0 spiro atoms. The third-order valence-corrected chi connectivity index (χ3v) is 1.92. The molecule has 0 nitrogen and oxygen atoms in total. The molecule has 1 aromatic carbocycles. The molecular weight excluding hydrogens is 177 g/mol. The lowest BCUT2D eigenvalue weighted by Gasteiger charge is -2.03. The van der Waals surface area contributed by atoms with E-state index < -0.39 is 17.5 Å². The van der Waals surface area contributed by atoms with Crippen molar-refractivity contribution in [3.63, 3.8) is 0 Å². The van der Waals surface area contributed by atoms with E-state index in [2.05, 4.69) is 0 Å². The summed E-state index contributed by atoms with van der Waals surface area (Å²) in [5.74, 6) is -2.69. The van der Waals surface area contributed by atoms with Crippen LogP contribution >= 0.6 is 0 Å². The molecule has 0 amide bonds. The molecule has 0 saturated heterocycles. The zero-order valence-corrected chi connectivity index (χ0v) is 7.41. The SMILES string of the molecule is CCCCc1c(F)ccc(F)c1F. The topological polar surface area (TPSA) is 0 Å². The first-order chi connectivity index (χ1) is 6.16. The van der Waals surface area contributed by atoms with Crippen LogP contribution in [0.25, 0.3) is 0 Å². The van der Waals surface area contributed by atoms with Crippen molar-refractivity contribution in [3.05, 3.63) is 35.1 Å². The molecule has 0 bridgehead atoms. The molecule has 0 radical (unpaired) electrons. The summed E-state index contributed by atoms with van der Waals surface area (Å²) in [4.78, 5) is 0. The average molecular weight is 188 g/mol. The van der Waals surface area contributed by atoms with Crippen LogP contribution in [0.3, 0.4) is 0 Å². The van der Waals surface area contributed by atoms with Crippen LogP contribution in [0.5, 0.6) is 0 Å². The van der Waals surface area contributed by atoms with Gasteiger partial charge in [-0.3, -0.25) is 0 Å². The van der Waals surface area contributed by atoms with Crippen molar-refractivity contribution in [2.24, 2.45) is 0 Å². The van der Waals surface area contributed by atoms with E-state index in [0.29, 0.717) is 6.42 Å². The van der Waals surface area contributed by atoms with Gasteiger partial charge in [-0.15, -0.1) is 0 Å². The number of benzene rings is 1. The largest absolute Gasteiger partial charge is 0.207 e. The lowest BCUT2D eigenvalue weighted by molar-refractivity contribution is 0.477. The van der Waals surface area contributed by atoms with E-state index in [-0.39, 0.29) is 12.0 Å². The average Bonchev–Trinajstić information content (AvgIpc) is 2.12. The number of rotatable bonds is 3. The quantitative estimate of drug-likeness (QED) is 0.637. The van der Waals surface area contributed by atoms with E-state index in [1.807, 2.05) is 6.92 Å². The molecule has 13 heavy (non-hydrogen) atoms. The lowest BCUT2D eigenvalue weighted by Crippen LogP contribution is -1.98. The predicted molar refractivity (Wildman–Crippen MR) is 44.9 cm³/mol. The first-order valence-corrected chi connectivity index (χ1v) is 4.29. The Bertz CT molecular complexity index is 294. The molecule has 0 aliphatic rings. The highest BCUT2D eigenvalue weighted by molar-refractivity contribution is 5.21. The van der Waals surface area contributed by atoms with Crippen LogP contribution < -0.4 is 0 Å². The first-order valence-electron chi connectivity index (χ1n) is 4.29. The van der Waals surface area contributed by atoms with Gasteiger partial charge in [-0.25, -0.2) is 13.2 Å². The van der Waals surface area contributed by atoms with E-state index in [4.69, 9.17) is 0 Å². The molecule has 0 atom stereocenters. The highest BCUT2D eigenvalue weighted by Gasteiger charge is 2.12. The Morgan fingerprint density at radius 3 is 2.31 bits per heavy atom. The highest BCUT2D eigenvalue weighted by Crippen LogP contribution is 2.17. The third-order valence-electron chi connectivity index (χ3n) is 1.92. The monoisotopic (exact) mass is 188 g/mol. The number of halogens is 3. The van der Waals surface area contributed by atoms with Crippen molar-refractivity contribution in [1.29, 1.82) is 0 Å². The standard InChI is InChI=1S/C10H11F3/c1-2-3-4-7-8(11)5-6-9(12)10(7)13/h5-6H,2-4H2,1H3. The number of hydrogen-bond acceptors (Lipinski definition) is 0. The van der Waals surface area contributed by atoms with Crippen molar-refractivity contribution in [3.8, 4) is 0 Å². The summed E-state index contributed by atoms with van der Waals surface area (Å²) in [6, 6.07) is 1.77. The molecule has 0 aliphatic carbocycles. The predicted octanol–water partition coefficient (Wildman–Crippen LogP) is 3.45. The maximum absolute atomic E-state index is 13.0. The van der Waals surface area contributed by atoms with Crippen molar-refractivity contribution in [1.82, 2.24) is 0 Å². The van der Waals surface area contributed by atoms with Crippen LogP contribution in [0.2, 0.25) is 0 Å². The second-order valence-corrected chi connectivity index (χ2v) is 2.93. The van der Waals surface area contributed by atoms with Gasteiger partial charge in [0.05, 0.1) is 0 Å². The van der Waals surface area contributed by atoms with Gasteiger partial charge in [0.15, 0.2) is 11.6 Å². The van der Waals surface area contributed by atoms with E-state index >= 15 is 0 Å². The minimum Gasteiger partial charge on any atom is -0.207 e. The molecule has 0 unspecified atom stereocenters. The lowest BCUT2D eigenvalue weighted by atomic mass is 10.1. The fraction of sp³-hybridized carbons (Fsp3) is 0.400. The summed E-state index contributed by atoms with van der Waals surface area (Å²) in [7, 11) is 0. The van der Waals surface area contributed by atoms with Crippen LogP contribution in [0, 0.1) is 17.5 Å². The maximum Gasteiger partial charge on any atom is 0.164 e. The molecule has 0 aromatic heterocycles. The summed E-state index contributed by atoms with van der Waals surface area (Å²) in [5.41, 5.74) is -0.137. The van der Waals surface area contributed by atoms with Crippen LogP contribution in [0.15, 0.2) is 12.1 Å². The van der Waals surface area contributed by atoms with Crippen LogP contribution in [0.4, 0.5) is 13.2 Å². The first kappa shape index (κ1) is 10.1. The second kappa shape index (κ2) is 4.30. The summed E-state index contributed by atoms with van der Waals surface area (Å²) in [6.07, 6.45) is 1.75. The Balaban J connectivity index is 2.96. The third kappa shape index (κ3) is 2.23. The molecule has 1 rings (SSSR count). The van der Waals surface area contributed by atoms with Crippen LogP contribution in [-0.4, -0.2) is 0 Å². The van der Waals surface area contributed by atoms with Gasteiger partial charge in [0.2, 0.25) is 0 Å². The Morgan fingerprint density at radius 2 is 1.69 bits per heavy atom. The van der Waals surface area contributed by atoms with E-state index in [0.717, 1.165) is 18.6 Å². The molecule has 3 heteroatoms.